The summed E-state index contributed by atoms with van der Waals surface area (Å²) < 4.78 is 10.6. The number of aromatic amines is 1. The van der Waals surface area contributed by atoms with E-state index in [0.717, 1.165) is 11.1 Å². The molecule has 3 aromatic rings. The maximum atomic E-state index is 12.7. The Morgan fingerprint density at radius 2 is 1.97 bits per heavy atom. The second-order valence-electron chi connectivity index (χ2n) is 6.35. The van der Waals surface area contributed by atoms with Gasteiger partial charge in [-0.1, -0.05) is 17.7 Å². The van der Waals surface area contributed by atoms with Crippen LogP contribution in [-0.2, 0) is 4.79 Å². The maximum Gasteiger partial charge on any atom is 0.266 e. The molecular weight excluding hydrogens is 404 g/mol. The number of ether oxygens (including phenoxy) is 2. The summed E-state index contributed by atoms with van der Waals surface area (Å²) in [5.74, 6) is 0.600. The van der Waals surface area contributed by atoms with E-state index in [1.165, 1.54) is 6.08 Å². The van der Waals surface area contributed by atoms with Gasteiger partial charge in [-0.25, -0.2) is 0 Å². The monoisotopic (exact) mass is 422 g/mol. The molecule has 0 unspecified atom stereocenters. The predicted molar refractivity (Wildman–Crippen MR) is 116 cm³/mol. The molecule has 1 heterocycles. The first-order chi connectivity index (χ1) is 14.5. The van der Waals surface area contributed by atoms with Crippen LogP contribution in [0.2, 0.25) is 5.02 Å². The van der Waals surface area contributed by atoms with E-state index in [0.29, 0.717) is 33.5 Å². The lowest BCUT2D eigenvalue weighted by molar-refractivity contribution is -0.112. The molecule has 0 aliphatic rings. The first-order valence-corrected chi connectivity index (χ1v) is 9.29. The summed E-state index contributed by atoms with van der Waals surface area (Å²) >= 11 is 6.00. The minimum Gasteiger partial charge on any atom is -0.493 e. The Morgan fingerprint density at radius 1 is 1.20 bits per heavy atom. The third kappa shape index (κ3) is 4.45. The number of methoxy groups -OCH3 is 2. The number of carbonyl (C=O) groups excluding carboxylic acids is 1. The molecule has 0 saturated heterocycles. The van der Waals surface area contributed by atoms with E-state index < -0.39 is 5.91 Å². The number of H-pyrrole nitrogens is 1. The van der Waals surface area contributed by atoms with Crippen molar-refractivity contribution in [3.63, 3.8) is 0 Å². The molecule has 152 valence electrons. The second-order valence-corrected chi connectivity index (χ2v) is 6.79. The number of hydrogen-bond acceptors (Lipinski definition) is 5. The van der Waals surface area contributed by atoms with Crippen molar-refractivity contribution in [2.75, 3.05) is 19.5 Å². The average Bonchev–Trinajstić information content (AvgIpc) is 3.22. The van der Waals surface area contributed by atoms with E-state index in [9.17, 15) is 10.1 Å². The van der Waals surface area contributed by atoms with Gasteiger partial charge in [0.05, 0.1) is 26.1 Å². The van der Waals surface area contributed by atoms with Crippen LogP contribution >= 0.6 is 11.6 Å². The standard InChI is InChI=1S/C22H19ClN4O3/c1-13-4-6-17(23)10-18(13)26-22(28)15(11-24)8-16-12-25-27-21(16)14-5-7-19(29-2)20(9-14)30-3/h4-10,12H,1-3H3,(H,25,27)(H,26,28)/b15-8-. The van der Waals surface area contributed by atoms with Gasteiger partial charge >= 0.3 is 0 Å². The SMILES string of the molecule is COc1ccc(-c2[nH]ncc2/C=C(/C#N)C(=O)Nc2cc(Cl)ccc2C)cc1OC. The average molecular weight is 423 g/mol. The summed E-state index contributed by atoms with van der Waals surface area (Å²) in [6.07, 6.45) is 3.02. The Bertz CT molecular complexity index is 1160. The second kappa shape index (κ2) is 9.16. The molecule has 0 radical (unpaired) electrons. The van der Waals surface area contributed by atoms with E-state index >= 15 is 0 Å². The Balaban J connectivity index is 1.93. The molecule has 1 amide bonds. The summed E-state index contributed by atoms with van der Waals surface area (Å²) in [6, 6.07) is 12.5. The van der Waals surface area contributed by atoms with Crippen LogP contribution in [0.25, 0.3) is 17.3 Å². The Labute approximate surface area is 178 Å². The van der Waals surface area contributed by atoms with Crippen molar-refractivity contribution in [3.05, 3.63) is 64.3 Å². The number of nitrogens with zero attached hydrogens (tertiary/aromatic N) is 2. The Morgan fingerprint density at radius 3 is 2.67 bits per heavy atom. The Kier molecular flexibility index (Phi) is 6.40. The third-order valence-electron chi connectivity index (χ3n) is 4.45. The fraction of sp³-hybridized carbons (Fsp3) is 0.136. The van der Waals surface area contributed by atoms with E-state index in [4.69, 9.17) is 21.1 Å². The smallest absolute Gasteiger partial charge is 0.266 e. The van der Waals surface area contributed by atoms with Gasteiger partial charge in [0.15, 0.2) is 11.5 Å². The number of rotatable bonds is 6. The highest BCUT2D eigenvalue weighted by Gasteiger charge is 2.15. The summed E-state index contributed by atoms with van der Waals surface area (Å²) in [6.45, 7) is 1.84. The van der Waals surface area contributed by atoms with Crippen molar-refractivity contribution in [2.45, 2.75) is 6.92 Å². The summed E-state index contributed by atoms with van der Waals surface area (Å²) in [4.78, 5) is 12.7. The number of nitriles is 1. The highest BCUT2D eigenvalue weighted by Crippen LogP contribution is 2.33. The van der Waals surface area contributed by atoms with Gasteiger partial charge in [0.1, 0.15) is 11.6 Å². The topological polar surface area (TPSA) is 100 Å². The summed E-state index contributed by atoms with van der Waals surface area (Å²) in [5.41, 5.74) is 3.28. The molecule has 3 rings (SSSR count). The molecule has 0 bridgehead atoms. The van der Waals surface area contributed by atoms with Gasteiger partial charge in [-0.15, -0.1) is 0 Å². The highest BCUT2D eigenvalue weighted by molar-refractivity contribution is 6.31. The van der Waals surface area contributed by atoms with Crippen molar-refractivity contribution < 1.29 is 14.3 Å². The number of aromatic nitrogens is 2. The molecule has 30 heavy (non-hydrogen) atoms. The minimum absolute atomic E-state index is 0.0718. The third-order valence-corrected chi connectivity index (χ3v) is 4.69. The first-order valence-electron chi connectivity index (χ1n) is 8.92. The highest BCUT2D eigenvalue weighted by atomic mass is 35.5. The molecule has 0 aliphatic carbocycles. The zero-order valence-electron chi connectivity index (χ0n) is 16.6. The molecule has 7 nitrogen and oxygen atoms in total. The lowest BCUT2D eigenvalue weighted by Crippen LogP contribution is -2.14. The van der Waals surface area contributed by atoms with Crippen LogP contribution in [-0.4, -0.2) is 30.3 Å². The van der Waals surface area contributed by atoms with Crippen LogP contribution in [0, 0.1) is 18.3 Å². The largest absolute Gasteiger partial charge is 0.493 e. The number of hydrogen-bond donors (Lipinski definition) is 2. The number of nitrogens with one attached hydrogen (secondary N) is 2. The quantitative estimate of drug-likeness (QED) is 0.446. The van der Waals surface area contributed by atoms with Crippen molar-refractivity contribution in [1.29, 1.82) is 5.26 Å². The molecule has 0 spiro atoms. The number of carbonyl (C=O) groups is 1. The Hall–Kier alpha value is -3.76. The summed E-state index contributed by atoms with van der Waals surface area (Å²) in [7, 11) is 3.10. The van der Waals surface area contributed by atoms with E-state index in [-0.39, 0.29) is 5.57 Å². The molecule has 2 aromatic carbocycles. The summed E-state index contributed by atoms with van der Waals surface area (Å²) in [5, 5.41) is 19.7. The fourth-order valence-corrected chi connectivity index (χ4v) is 3.02. The van der Waals surface area contributed by atoms with Gasteiger partial charge in [-0.2, -0.15) is 10.4 Å². The van der Waals surface area contributed by atoms with E-state index in [1.807, 2.05) is 19.1 Å². The molecule has 0 fully saturated rings. The van der Waals surface area contributed by atoms with Gasteiger partial charge in [-0.3, -0.25) is 9.89 Å². The zero-order chi connectivity index (χ0) is 21.7. The van der Waals surface area contributed by atoms with Crippen LogP contribution in [0.5, 0.6) is 11.5 Å². The number of amides is 1. The van der Waals surface area contributed by atoms with Gasteiger partial charge in [0.25, 0.3) is 5.91 Å². The molecular formula is C22H19ClN4O3. The van der Waals surface area contributed by atoms with Gasteiger partial charge in [0.2, 0.25) is 0 Å². The van der Waals surface area contributed by atoms with Crippen molar-refractivity contribution in [3.8, 4) is 28.8 Å². The molecule has 2 N–H and O–H groups in total. The molecule has 8 heteroatoms. The van der Waals surface area contributed by atoms with Crippen molar-refractivity contribution in [2.24, 2.45) is 0 Å². The number of aryl methyl sites for hydroxylation is 1. The van der Waals surface area contributed by atoms with Crippen molar-refractivity contribution >= 4 is 29.3 Å². The van der Waals surface area contributed by atoms with Gasteiger partial charge < -0.3 is 14.8 Å². The van der Waals surface area contributed by atoms with Crippen LogP contribution in [0.15, 0.2) is 48.2 Å². The van der Waals surface area contributed by atoms with Crippen LogP contribution in [0.4, 0.5) is 5.69 Å². The van der Waals surface area contributed by atoms with Gasteiger partial charge in [-0.05, 0) is 48.9 Å². The molecule has 0 atom stereocenters. The number of benzene rings is 2. The van der Waals surface area contributed by atoms with Crippen LogP contribution < -0.4 is 14.8 Å². The molecule has 1 aromatic heterocycles. The molecule has 0 aliphatic heterocycles. The fourth-order valence-electron chi connectivity index (χ4n) is 2.85. The van der Waals surface area contributed by atoms with Gasteiger partial charge in [0, 0.05) is 21.8 Å². The van der Waals surface area contributed by atoms with Crippen molar-refractivity contribution in [1.82, 2.24) is 10.2 Å². The van der Waals surface area contributed by atoms with Crippen LogP contribution in [0.3, 0.4) is 0 Å². The normalized spacial score (nSPS) is 11.0. The zero-order valence-corrected chi connectivity index (χ0v) is 17.4. The molecule has 0 saturated carbocycles. The minimum atomic E-state index is -0.540. The first kappa shape index (κ1) is 21.0. The lowest BCUT2D eigenvalue weighted by Gasteiger charge is -2.10. The number of halogens is 1. The lowest BCUT2D eigenvalue weighted by atomic mass is 10.0. The maximum absolute atomic E-state index is 12.7. The van der Waals surface area contributed by atoms with E-state index in [1.54, 1.807) is 50.7 Å². The predicted octanol–water partition coefficient (Wildman–Crippen LogP) is 4.60. The van der Waals surface area contributed by atoms with Crippen LogP contribution in [0.1, 0.15) is 11.1 Å². The van der Waals surface area contributed by atoms with E-state index in [2.05, 4.69) is 15.5 Å². The number of anilines is 1.